The highest BCUT2D eigenvalue weighted by molar-refractivity contribution is 7.99. The molecule has 28 heavy (non-hydrogen) atoms. The largest absolute Gasteiger partial charge is 0.497 e. The molecule has 146 valence electrons. The molecule has 3 N–H and O–H groups in total. The number of carbonyl (C=O) groups excluding carboxylic acids is 1. The lowest BCUT2D eigenvalue weighted by atomic mass is 10.2. The van der Waals surface area contributed by atoms with Gasteiger partial charge in [0.25, 0.3) is 0 Å². The van der Waals surface area contributed by atoms with Crippen molar-refractivity contribution in [1.29, 1.82) is 0 Å². The molecule has 1 heterocycles. The molecule has 0 atom stereocenters. The Hall–Kier alpha value is -3.20. The predicted octanol–water partition coefficient (Wildman–Crippen LogP) is 1.99. The highest BCUT2D eigenvalue weighted by atomic mass is 32.2. The maximum absolute atomic E-state index is 12.0. The Bertz CT molecular complexity index is 900. The quantitative estimate of drug-likeness (QED) is 0.419. The van der Waals surface area contributed by atoms with E-state index < -0.39 is 0 Å². The Morgan fingerprint density at radius 2 is 1.82 bits per heavy atom. The number of hydrogen-bond acceptors (Lipinski definition) is 7. The minimum absolute atomic E-state index is 0.104. The monoisotopic (exact) mass is 399 g/mol. The molecule has 0 saturated heterocycles. The molecule has 0 bridgehead atoms. The fraction of sp³-hybridized carbons (Fsp3) is 0.211. The van der Waals surface area contributed by atoms with Gasteiger partial charge in [-0.25, -0.2) is 4.68 Å². The third kappa shape index (κ3) is 5.40. The van der Waals surface area contributed by atoms with Gasteiger partial charge in [-0.05, 0) is 29.8 Å². The number of nitrogens with two attached hydrogens (primary N) is 1. The van der Waals surface area contributed by atoms with Crippen molar-refractivity contribution in [1.82, 2.24) is 20.2 Å². The van der Waals surface area contributed by atoms with Crippen LogP contribution in [0, 0.1) is 0 Å². The molecule has 0 aliphatic heterocycles. The Balaban J connectivity index is 1.46. The van der Waals surface area contributed by atoms with Gasteiger partial charge in [-0.3, -0.25) is 4.79 Å². The third-order valence-corrected chi connectivity index (χ3v) is 4.77. The van der Waals surface area contributed by atoms with Gasteiger partial charge in [0, 0.05) is 6.54 Å². The van der Waals surface area contributed by atoms with Gasteiger partial charge >= 0.3 is 0 Å². The fourth-order valence-electron chi connectivity index (χ4n) is 2.30. The number of nitrogens with zero attached hydrogens (tertiary/aromatic N) is 3. The van der Waals surface area contributed by atoms with E-state index in [1.165, 1.54) is 16.4 Å². The summed E-state index contributed by atoms with van der Waals surface area (Å²) in [6.45, 7) is 0.646. The molecule has 0 aliphatic carbocycles. The normalized spacial score (nSPS) is 10.5. The standard InChI is InChI=1S/C19H21N5O3S/c1-26-15-7-9-16(10-8-15)27-12-17-22-23-19(24(17)20)28-13-18(25)21-11-14-5-3-2-4-6-14/h2-10H,11-13,20H2,1H3,(H,21,25). The number of nitrogens with one attached hydrogen (secondary N) is 1. The van der Waals surface area contributed by atoms with Crippen LogP contribution in [0.3, 0.4) is 0 Å². The van der Waals surface area contributed by atoms with Crippen molar-refractivity contribution in [2.75, 3.05) is 18.7 Å². The van der Waals surface area contributed by atoms with Gasteiger partial charge in [-0.1, -0.05) is 42.1 Å². The minimum Gasteiger partial charge on any atom is -0.497 e. The van der Waals surface area contributed by atoms with Gasteiger partial charge < -0.3 is 20.6 Å². The number of ether oxygens (including phenoxy) is 2. The average Bonchev–Trinajstić information content (AvgIpc) is 3.09. The molecule has 3 rings (SSSR count). The van der Waals surface area contributed by atoms with Gasteiger partial charge in [0.05, 0.1) is 12.9 Å². The number of nitrogen functional groups attached to an aromatic ring is 1. The van der Waals surface area contributed by atoms with E-state index in [0.717, 1.165) is 11.3 Å². The van der Waals surface area contributed by atoms with E-state index in [0.29, 0.717) is 23.3 Å². The maximum Gasteiger partial charge on any atom is 0.230 e. The number of rotatable bonds is 9. The van der Waals surface area contributed by atoms with E-state index >= 15 is 0 Å². The average molecular weight is 399 g/mol. The van der Waals surface area contributed by atoms with E-state index in [-0.39, 0.29) is 18.3 Å². The maximum atomic E-state index is 12.0. The Morgan fingerprint density at radius 1 is 1.11 bits per heavy atom. The lowest BCUT2D eigenvalue weighted by molar-refractivity contribution is -0.118. The van der Waals surface area contributed by atoms with Gasteiger partial charge in [0.2, 0.25) is 11.1 Å². The predicted molar refractivity (Wildman–Crippen MR) is 107 cm³/mol. The van der Waals surface area contributed by atoms with E-state index in [1.54, 1.807) is 31.4 Å². The molecule has 3 aromatic rings. The van der Waals surface area contributed by atoms with Crippen molar-refractivity contribution in [3.05, 3.63) is 66.0 Å². The lowest BCUT2D eigenvalue weighted by Crippen LogP contribution is -2.25. The highest BCUT2D eigenvalue weighted by Gasteiger charge is 2.13. The summed E-state index contributed by atoms with van der Waals surface area (Å²) < 4.78 is 12.1. The first-order valence-electron chi connectivity index (χ1n) is 8.55. The molecule has 0 radical (unpaired) electrons. The van der Waals surface area contributed by atoms with Crippen LogP contribution in [0.25, 0.3) is 0 Å². The second kappa shape index (κ2) is 9.65. The van der Waals surface area contributed by atoms with E-state index in [9.17, 15) is 4.79 Å². The summed E-state index contributed by atoms with van der Waals surface area (Å²) in [5.74, 6) is 7.97. The van der Waals surface area contributed by atoms with Crippen molar-refractivity contribution in [3.63, 3.8) is 0 Å². The molecule has 9 heteroatoms. The van der Waals surface area contributed by atoms with Crippen molar-refractivity contribution in [2.45, 2.75) is 18.3 Å². The lowest BCUT2D eigenvalue weighted by Gasteiger charge is -2.07. The number of amides is 1. The smallest absolute Gasteiger partial charge is 0.230 e. The topological polar surface area (TPSA) is 104 Å². The summed E-state index contributed by atoms with van der Waals surface area (Å²) in [6, 6.07) is 16.9. The van der Waals surface area contributed by atoms with Crippen molar-refractivity contribution in [3.8, 4) is 11.5 Å². The van der Waals surface area contributed by atoms with Crippen LogP contribution in [-0.2, 0) is 17.9 Å². The summed E-state index contributed by atoms with van der Waals surface area (Å²) >= 11 is 1.22. The molecule has 0 unspecified atom stereocenters. The molecule has 0 spiro atoms. The SMILES string of the molecule is COc1ccc(OCc2nnc(SCC(=O)NCc3ccccc3)n2N)cc1. The van der Waals surface area contributed by atoms with Crippen molar-refractivity contribution < 1.29 is 14.3 Å². The number of hydrogen-bond donors (Lipinski definition) is 2. The Morgan fingerprint density at radius 3 is 2.54 bits per heavy atom. The van der Waals surface area contributed by atoms with Gasteiger partial charge in [0.15, 0.2) is 5.82 Å². The number of carbonyl (C=O) groups is 1. The summed E-state index contributed by atoms with van der Waals surface area (Å²) in [7, 11) is 1.61. The van der Waals surface area contributed by atoms with E-state index in [1.807, 2.05) is 30.3 Å². The Labute approximate surface area is 167 Å². The van der Waals surface area contributed by atoms with Crippen LogP contribution < -0.4 is 20.6 Å². The molecule has 0 aliphatic rings. The van der Waals surface area contributed by atoms with E-state index in [2.05, 4.69) is 15.5 Å². The van der Waals surface area contributed by atoms with Crippen LogP contribution in [0.5, 0.6) is 11.5 Å². The van der Waals surface area contributed by atoms with Crippen LogP contribution in [-0.4, -0.2) is 33.6 Å². The molecule has 1 amide bonds. The van der Waals surface area contributed by atoms with Crippen LogP contribution in [0.15, 0.2) is 59.8 Å². The summed E-state index contributed by atoms with van der Waals surface area (Å²) in [5.41, 5.74) is 1.04. The first kappa shape index (κ1) is 19.6. The first-order chi connectivity index (χ1) is 13.7. The van der Waals surface area contributed by atoms with Gasteiger partial charge in [0.1, 0.15) is 18.1 Å². The van der Waals surface area contributed by atoms with Crippen molar-refractivity contribution in [2.24, 2.45) is 0 Å². The summed E-state index contributed by atoms with van der Waals surface area (Å²) in [6.07, 6.45) is 0. The number of methoxy groups -OCH3 is 1. The molecular weight excluding hydrogens is 378 g/mol. The third-order valence-electron chi connectivity index (χ3n) is 3.83. The van der Waals surface area contributed by atoms with Crippen LogP contribution in [0.1, 0.15) is 11.4 Å². The molecule has 1 aromatic heterocycles. The summed E-state index contributed by atoms with van der Waals surface area (Å²) in [5, 5.41) is 11.3. The molecule has 2 aromatic carbocycles. The molecular formula is C19H21N5O3S. The zero-order chi connectivity index (χ0) is 19.8. The Kier molecular flexibility index (Phi) is 6.74. The minimum atomic E-state index is -0.104. The fourth-order valence-corrected chi connectivity index (χ4v) is 3.01. The molecule has 0 saturated carbocycles. The zero-order valence-corrected chi connectivity index (χ0v) is 16.2. The van der Waals surface area contributed by atoms with Crippen molar-refractivity contribution >= 4 is 17.7 Å². The van der Waals surface area contributed by atoms with Crippen LogP contribution in [0.4, 0.5) is 0 Å². The zero-order valence-electron chi connectivity index (χ0n) is 15.4. The number of aromatic nitrogens is 3. The second-order valence-electron chi connectivity index (χ2n) is 5.78. The van der Waals surface area contributed by atoms with Crippen LogP contribution in [0.2, 0.25) is 0 Å². The molecule has 0 fully saturated rings. The van der Waals surface area contributed by atoms with Gasteiger partial charge in [-0.2, -0.15) is 0 Å². The second-order valence-corrected chi connectivity index (χ2v) is 6.73. The van der Waals surface area contributed by atoms with Crippen LogP contribution >= 0.6 is 11.8 Å². The number of thioether (sulfide) groups is 1. The highest BCUT2D eigenvalue weighted by Crippen LogP contribution is 2.19. The van der Waals surface area contributed by atoms with E-state index in [4.69, 9.17) is 15.3 Å². The first-order valence-corrected chi connectivity index (χ1v) is 9.54. The number of benzene rings is 2. The summed E-state index contributed by atoms with van der Waals surface area (Å²) in [4.78, 5) is 12.0. The molecule has 8 nitrogen and oxygen atoms in total. The van der Waals surface area contributed by atoms with Gasteiger partial charge in [-0.15, -0.1) is 10.2 Å².